The highest BCUT2D eigenvalue weighted by Gasteiger charge is 2.43. The number of unbranched alkanes of at least 4 members (excludes halogenated alkanes) is 1. The molecule has 0 saturated heterocycles. The van der Waals surface area contributed by atoms with Gasteiger partial charge in [-0.1, -0.05) is 48.1 Å². The van der Waals surface area contributed by atoms with E-state index >= 15 is 0 Å². The molecule has 2 aliphatic rings. The second kappa shape index (κ2) is 11.1. The Morgan fingerprint density at radius 3 is 2.74 bits per heavy atom. The molecule has 0 aromatic heterocycles. The molecule has 1 saturated carbocycles. The molecule has 4 heteroatoms. The number of amides is 1. The van der Waals surface area contributed by atoms with Crippen molar-refractivity contribution in [3.05, 3.63) is 59.2 Å². The van der Waals surface area contributed by atoms with Gasteiger partial charge in [0.15, 0.2) is 0 Å². The fraction of sp³-hybridized carbons (Fsp3) is 0.593. The summed E-state index contributed by atoms with van der Waals surface area (Å²) in [6, 6.07) is 8.32. The minimum absolute atomic E-state index is 0.127. The number of allylic oxidation sites excluding steroid dienone is 2. The minimum Gasteiger partial charge on any atom is -0.392 e. The van der Waals surface area contributed by atoms with E-state index in [-0.39, 0.29) is 17.9 Å². The molecule has 3 rings (SSSR count). The molecule has 0 aliphatic heterocycles. The molecular weight excluding hydrogens is 386 g/mol. The Hall–Kier alpha value is -1.91. The van der Waals surface area contributed by atoms with E-state index in [1.807, 2.05) is 32.3 Å². The Labute approximate surface area is 187 Å². The van der Waals surface area contributed by atoms with Crippen LogP contribution in [0, 0.1) is 24.7 Å². The van der Waals surface area contributed by atoms with Crippen molar-refractivity contribution in [2.75, 3.05) is 14.1 Å². The largest absolute Gasteiger partial charge is 0.392 e. The first-order valence-electron chi connectivity index (χ1n) is 11.8. The molecule has 31 heavy (non-hydrogen) atoms. The van der Waals surface area contributed by atoms with Crippen LogP contribution in [0.4, 0.5) is 0 Å². The van der Waals surface area contributed by atoms with Gasteiger partial charge in [-0.05, 0) is 74.8 Å². The number of aryl methyl sites for hydroxylation is 2. The summed E-state index contributed by atoms with van der Waals surface area (Å²) in [5.41, 5.74) is 4.04. The summed E-state index contributed by atoms with van der Waals surface area (Å²) in [5.74, 6) is 1.23. The predicted molar refractivity (Wildman–Crippen MR) is 126 cm³/mol. The van der Waals surface area contributed by atoms with Crippen molar-refractivity contribution in [2.24, 2.45) is 17.8 Å². The Bertz CT molecular complexity index is 797. The quantitative estimate of drug-likeness (QED) is 0.430. The van der Waals surface area contributed by atoms with Crippen LogP contribution in [0.25, 0.3) is 0 Å². The SMILES string of the molecule is Cc1ccccc1CC[C@@H](O)/C=C/[C@@H]1[C@H]2CC(CCCCC(=O)N(C)C)=C[C@H]2C[C@H]1O. The van der Waals surface area contributed by atoms with Crippen molar-refractivity contribution in [3.8, 4) is 0 Å². The van der Waals surface area contributed by atoms with Crippen LogP contribution >= 0.6 is 0 Å². The molecular formula is C27H39NO3. The molecule has 0 spiro atoms. The van der Waals surface area contributed by atoms with E-state index in [0.29, 0.717) is 24.7 Å². The maximum atomic E-state index is 11.7. The van der Waals surface area contributed by atoms with Crippen molar-refractivity contribution in [1.82, 2.24) is 4.90 Å². The Balaban J connectivity index is 1.44. The van der Waals surface area contributed by atoms with Gasteiger partial charge in [-0.25, -0.2) is 0 Å². The molecule has 0 unspecified atom stereocenters. The summed E-state index contributed by atoms with van der Waals surface area (Å²) in [6.07, 6.45) is 12.6. The van der Waals surface area contributed by atoms with E-state index in [1.54, 1.807) is 4.90 Å². The fourth-order valence-electron chi connectivity index (χ4n) is 5.19. The van der Waals surface area contributed by atoms with Gasteiger partial charge in [0.1, 0.15) is 0 Å². The average Bonchev–Trinajstić information content (AvgIpc) is 3.25. The normalized spacial score (nSPS) is 26.2. The van der Waals surface area contributed by atoms with E-state index < -0.39 is 6.10 Å². The van der Waals surface area contributed by atoms with E-state index in [0.717, 1.165) is 38.5 Å². The van der Waals surface area contributed by atoms with Crippen LogP contribution < -0.4 is 0 Å². The lowest BCUT2D eigenvalue weighted by molar-refractivity contribution is -0.128. The summed E-state index contributed by atoms with van der Waals surface area (Å²) >= 11 is 0. The van der Waals surface area contributed by atoms with Gasteiger partial charge < -0.3 is 15.1 Å². The first-order valence-corrected chi connectivity index (χ1v) is 11.8. The number of fused-ring (bicyclic) bond motifs is 1. The smallest absolute Gasteiger partial charge is 0.222 e. The number of carbonyl (C=O) groups excluding carboxylic acids is 1. The lowest BCUT2D eigenvalue weighted by Gasteiger charge is -2.19. The summed E-state index contributed by atoms with van der Waals surface area (Å²) < 4.78 is 0. The van der Waals surface area contributed by atoms with Crippen molar-refractivity contribution in [1.29, 1.82) is 0 Å². The van der Waals surface area contributed by atoms with Gasteiger partial charge in [0.05, 0.1) is 12.2 Å². The highest BCUT2D eigenvalue weighted by atomic mass is 16.3. The minimum atomic E-state index is -0.478. The zero-order valence-electron chi connectivity index (χ0n) is 19.3. The van der Waals surface area contributed by atoms with Crippen LogP contribution in [0.15, 0.2) is 48.1 Å². The first-order chi connectivity index (χ1) is 14.8. The number of carbonyl (C=O) groups is 1. The van der Waals surface area contributed by atoms with E-state index in [2.05, 4.69) is 31.2 Å². The van der Waals surface area contributed by atoms with Crippen molar-refractivity contribution < 1.29 is 15.0 Å². The van der Waals surface area contributed by atoms with Crippen molar-refractivity contribution in [2.45, 2.75) is 70.5 Å². The van der Waals surface area contributed by atoms with Crippen LogP contribution in [-0.4, -0.2) is 47.3 Å². The maximum Gasteiger partial charge on any atom is 0.222 e. The van der Waals surface area contributed by atoms with E-state index in [9.17, 15) is 15.0 Å². The standard InChI is InChI=1S/C27H39NO3/c1-19-8-4-6-10-21(19)12-13-23(29)14-15-24-25-17-20(16-22(25)18-26(24)30)9-5-7-11-27(31)28(2)3/h4,6,8,10,14-16,22-26,29-30H,5,7,9,11-13,17-18H2,1-3H3/b15-14+/t22-,23+,24+,25-,26+/m0/s1. The molecule has 1 amide bonds. The first kappa shape index (κ1) is 23.7. The van der Waals surface area contributed by atoms with Gasteiger partial charge >= 0.3 is 0 Å². The summed E-state index contributed by atoms with van der Waals surface area (Å²) in [6.45, 7) is 2.11. The van der Waals surface area contributed by atoms with Crippen LogP contribution in [0.1, 0.15) is 56.1 Å². The third kappa shape index (κ3) is 6.54. The number of hydrogen-bond acceptors (Lipinski definition) is 3. The molecule has 0 heterocycles. The zero-order valence-corrected chi connectivity index (χ0v) is 19.3. The van der Waals surface area contributed by atoms with Crippen LogP contribution in [-0.2, 0) is 11.2 Å². The third-order valence-corrected chi connectivity index (χ3v) is 7.11. The fourth-order valence-corrected chi connectivity index (χ4v) is 5.19. The summed E-state index contributed by atoms with van der Waals surface area (Å²) in [4.78, 5) is 13.4. The summed E-state index contributed by atoms with van der Waals surface area (Å²) in [5, 5.41) is 21.0. The molecule has 2 N–H and O–H groups in total. The molecule has 1 aromatic carbocycles. The number of hydrogen-bond donors (Lipinski definition) is 2. The second-order valence-electron chi connectivity index (χ2n) is 9.65. The average molecular weight is 426 g/mol. The van der Waals surface area contributed by atoms with E-state index in [4.69, 9.17) is 0 Å². The van der Waals surface area contributed by atoms with Crippen LogP contribution in [0.3, 0.4) is 0 Å². The lowest BCUT2D eigenvalue weighted by atomic mass is 9.88. The molecule has 5 atom stereocenters. The van der Waals surface area contributed by atoms with Crippen LogP contribution in [0.2, 0.25) is 0 Å². The monoisotopic (exact) mass is 425 g/mol. The molecule has 1 aromatic rings. The van der Waals surface area contributed by atoms with Gasteiger partial charge in [-0.15, -0.1) is 0 Å². The zero-order chi connectivity index (χ0) is 22.4. The second-order valence-corrected chi connectivity index (χ2v) is 9.65. The number of rotatable bonds is 10. The number of nitrogens with zero attached hydrogens (tertiary/aromatic N) is 1. The Morgan fingerprint density at radius 2 is 2.00 bits per heavy atom. The summed E-state index contributed by atoms with van der Waals surface area (Å²) in [7, 11) is 3.61. The molecule has 2 aliphatic carbocycles. The Morgan fingerprint density at radius 1 is 1.23 bits per heavy atom. The molecule has 1 fully saturated rings. The van der Waals surface area contributed by atoms with Crippen LogP contribution in [0.5, 0.6) is 0 Å². The molecule has 0 radical (unpaired) electrons. The van der Waals surface area contributed by atoms with Crippen molar-refractivity contribution >= 4 is 5.91 Å². The predicted octanol–water partition coefficient (Wildman–Crippen LogP) is 4.44. The highest BCUT2D eigenvalue weighted by molar-refractivity contribution is 5.75. The van der Waals surface area contributed by atoms with Crippen molar-refractivity contribution in [3.63, 3.8) is 0 Å². The lowest BCUT2D eigenvalue weighted by Crippen LogP contribution is -2.21. The Kier molecular flexibility index (Phi) is 8.50. The van der Waals surface area contributed by atoms with E-state index in [1.165, 1.54) is 16.7 Å². The maximum absolute atomic E-state index is 11.7. The topological polar surface area (TPSA) is 60.8 Å². The number of aliphatic hydroxyl groups is 2. The van der Waals surface area contributed by atoms with Gasteiger partial charge in [0.2, 0.25) is 5.91 Å². The van der Waals surface area contributed by atoms with Gasteiger partial charge in [0.25, 0.3) is 0 Å². The van der Waals surface area contributed by atoms with Gasteiger partial charge in [-0.2, -0.15) is 0 Å². The molecule has 0 bridgehead atoms. The molecule has 170 valence electrons. The molecule has 4 nitrogen and oxygen atoms in total. The van der Waals surface area contributed by atoms with Gasteiger partial charge in [-0.3, -0.25) is 4.79 Å². The van der Waals surface area contributed by atoms with Gasteiger partial charge in [0, 0.05) is 26.4 Å². The number of benzene rings is 1. The highest BCUT2D eigenvalue weighted by Crippen LogP contribution is 2.48. The number of aliphatic hydroxyl groups excluding tert-OH is 2. The third-order valence-electron chi connectivity index (χ3n) is 7.11.